The lowest BCUT2D eigenvalue weighted by molar-refractivity contribution is -0.274. The minimum absolute atomic E-state index is 0.00758. The van der Waals surface area contributed by atoms with Crippen molar-refractivity contribution in [2.75, 3.05) is 27.9 Å². The number of aliphatic carboxylic acids is 2. The second-order valence-corrected chi connectivity index (χ2v) is 17.4. The van der Waals surface area contributed by atoms with Gasteiger partial charge in [-0.3, -0.25) is 28.8 Å². The van der Waals surface area contributed by atoms with Crippen LogP contribution in [0.5, 0.6) is 11.5 Å². The average molecular weight is 917 g/mol. The maximum absolute atomic E-state index is 13.0. The van der Waals surface area contributed by atoms with E-state index in [-0.39, 0.29) is 46.2 Å². The third-order valence-electron chi connectivity index (χ3n) is 7.44. The monoisotopic (exact) mass is 916 g/mol. The largest absolute Gasteiger partial charge is 0.573 e. The van der Waals surface area contributed by atoms with Crippen LogP contribution in [0.1, 0.15) is 76.2 Å². The predicted molar refractivity (Wildman–Crippen MR) is 226 cm³/mol. The van der Waals surface area contributed by atoms with Gasteiger partial charge in [-0.25, -0.2) is 0 Å². The first kappa shape index (κ1) is 48.8. The number of hydrogen-bond donors (Lipinski definition) is 4. The number of nitrogens with one attached hydrogen (secondary N) is 2. The van der Waals surface area contributed by atoms with E-state index in [1.54, 1.807) is 30.3 Å². The third-order valence-corrected chi connectivity index (χ3v) is 12.2. The minimum atomic E-state index is -4.83. The van der Waals surface area contributed by atoms with E-state index in [9.17, 15) is 41.9 Å². The van der Waals surface area contributed by atoms with Gasteiger partial charge in [-0.1, -0.05) is 25.4 Å². The Morgan fingerprint density at radius 1 is 0.763 bits per heavy atom. The number of halogens is 4. The molecule has 2 aromatic carbocycles. The Balaban J connectivity index is 0.000000316. The van der Waals surface area contributed by atoms with Crippen molar-refractivity contribution in [1.82, 2.24) is 0 Å². The molecule has 2 heterocycles. The van der Waals surface area contributed by atoms with Crippen LogP contribution in [-0.2, 0) is 32.0 Å². The van der Waals surface area contributed by atoms with E-state index in [0.717, 1.165) is 51.8 Å². The summed E-state index contributed by atoms with van der Waals surface area (Å²) in [7, 11) is 0. The van der Waals surface area contributed by atoms with Gasteiger partial charge < -0.3 is 30.3 Å². The van der Waals surface area contributed by atoms with Crippen molar-refractivity contribution in [2.45, 2.75) is 65.2 Å². The number of carbonyl (C=O) groups is 6. The molecule has 4 rings (SSSR count). The van der Waals surface area contributed by atoms with Crippen LogP contribution in [0.25, 0.3) is 0 Å². The molecule has 59 heavy (non-hydrogen) atoms. The van der Waals surface area contributed by atoms with Gasteiger partial charge in [0.25, 0.3) is 0 Å². The highest BCUT2D eigenvalue weighted by Gasteiger charge is 2.31. The Labute approximate surface area is 359 Å². The standard InChI is InChI=1S/C20H22ClNO5S2.C19H18F3NO5S2/c1-4-13-8-14(20(29-13)22-17(23)9-28-10-18(24)25)19(26)12-5-6-16(15(21)7-12)27-11(2)3;1-3-13-8-14(17(30-13)23-15(24)9-29-10(2)18(26)27)16(25)11-4-6-12(7-5-11)28-19(20,21)22/h5-8,11H,4,9-10H2,1-3H3,(H,22,23)(H,24,25);4-8,10H,3,9H2,1-2H3,(H,23,24)(H,26,27)/t;10-/m.0/s1. The zero-order valence-corrected chi connectivity index (χ0v) is 36.2. The summed E-state index contributed by atoms with van der Waals surface area (Å²) in [4.78, 5) is 73.4. The van der Waals surface area contributed by atoms with E-state index in [1.165, 1.54) is 41.7 Å². The number of rotatable bonds is 19. The Kier molecular flexibility index (Phi) is 18.8. The number of aryl methyl sites for hydroxylation is 2. The predicted octanol–water partition coefficient (Wildman–Crippen LogP) is 9.32. The summed E-state index contributed by atoms with van der Waals surface area (Å²) in [5.74, 6) is -3.77. The summed E-state index contributed by atoms with van der Waals surface area (Å²) in [5.41, 5.74) is 1.12. The molecule has 20 heteroatoms. The lowest BCUT2D eigenvalue weighted by Crippen LogP contribution is -2.19. The summed E-state index contributed by atoms with van der Waals surface area (Å²) in [6.45, 7) is 9.07. The maximum Gasteiger partial charge on any atom is 0.573 e. The number of ether oxygens (including phenoxy) is 2. The maximum atomic E-state index is 13.0. The van der Waals surface area contributed by atoms with E-state index in [2.05, 4.69) is 15.4 Å². The fourth-order valence-electron chi connectivity index (χ4n) is 4.69. The summed E-state index contributed by atoms with van der Waals surface area (Å²) in [6.07, 6.45) is -3.54. The molecule has 2 amide bonds. The Hall–Kier alpha value is -4.56. The van der Waals surface area contributed by atoms with Crippen molar-refractivity contribution in [3.63, 3.8) is 0 Å². The Morgan fingerprint density at radius 3 is 1.73 bits per heavy atom. The molecule has 0 radical (unpaired) electrons. The number of thiophene rings is 2. The van der Waals surface area contributed by atoms with Gasteiger partial charge >= 0.3 is 18.3 Å². The lowest BCUT2D eigenvalue weighted by Gasteiger charge is -2.12. The first-order chi connectivity index (χ1) is 27.7. The van der Waals surface area contributed by atoms with Crippen LogP contribution >= 0.6 is 57.8 Å². The molecule has 4 aromatic rings. The van der Waals surface area contributed by atoms with Crippen LogP contribution in [0, 0.1) is 0 Å². The van der Waals surface area contributed by atoms with Gasteiger partial charge in [-0.05, 0) is 88.2 Å². The zero-order valence-electron chi connectivity index (χ0n) is 32.2. The Morgan fingerprint density at radius 2 is 1.27 bits per heavy atom. The molecule has 0 bridgehead atoms. The third kappa shape index (κ3) is 15.9. The van der Waals surface area contributed by atoms with E-state index in [1.807, 2.05) is 27.7 Å². The molecular weight excluding hydrogens is 877 g/mol. The number of hydrogen-bond acceptors (Lipinski definition) is 12. The molecule has 0 aliphatic heterocycles. The first-order valence-corrected chi connectivity index (χ1v) is 21.8. The highest BCUT2D eigenvalue weighted by molar-refractivity contribution is 8.01. The molecule has 318 valence electrons. The first-order valence-electron chi connectivity index (χ1n) is 17.6. The van der Waals surface area contributed by atoms with E-state index in [4.69, 9.17) is 26.6 Å². The van der Waals surface area contributed by atoms with Gasteiger partial charge in [-0.15, -0.1) is 59.4 Å². The average Bonchev–Trinajstić information content (AvgIpc) is 3.77. The molecule has 0 unspecified atom stereocenters. The fraction of sp³-hybridized carbons (Fsp3) is 0.333. The number of ketones is 2. The topological polar surface area (TPSA) is 185 Å². The number of amides is 2. The summed E-state index contributed by atoms with van der Waals surface area (Å²) in [5, 5.41) is 23.2. The SMILES string of the molecule is CCc1cc(C(=O)c2ccc(OC(C)C)c(Cl)c2)c(NC(=O)CSCC(=O)O)s1.CCc1cc(C(=O)c2ccc(OC(F)(F)F)cc2)c(NC(=O)CS[C@@H](C)C(=O)O)s1. The lowest BCUT2D eigenvalue weighted by atomic mass is 10.0. The number of alkyl halides is 3. The molecule has 0 spiro atoms. The number of carboxylic acid groups (broad SMARTS) is 2. The van der Waals surface area contributed by atoms with Crippen molar-refractivity contribution in [3.8, 4) is 11.5 Å². The number of carbonyl (C=O) groups excluding carboxylic acids is 4. The van der Waals surface area contributed by atoms with Gasteiger partial charge in [0, 0.05) is 20.9 Å². The van der Waals surface area contributed by atoms with Crippen LogP contribution in [0.4, 0.5) is 23.2 Å². The van der Waals surface area contributed by atoms with Gasteiger partial charge in [0.2, 0.25) is 11.8 Å². The van der Waals surface area contributed by atoms with Crippen LogP contribution in [0.3, 0.4) is 0 Å². The number of anilines is 2. The van der Waals surface area contributed by atoms with Crippen LogP contribution in [-0.4, -0.2) is 80.5 Å². The number of thioether (sulfide) groups is 2. The van der Waals surface area contributed by atoms with Crippen molar-refractivity contribution in [2.24, 2.45) is 0 Å². The van der Waals surface area contributed by atoms with Crippen molar-refractivity contribution in [1.29, 1.82) is 0 Å². The van der Waals surface area contributed by atoms with Gasteiger partial charge in [0.1, 0.15) is 21.5 Å². The molecule has 0 saturated carbocycles. The summed E-state index contributed by atoms with van der Waals surface area (Å²) in [6, 6.07) is 12.7. The highest BCUT2D eigenvalue weighted by Crippen LogP contribution is 2.34. The number of carboxylic acids is 2. The quantitative estimate of drug-likeness (QED) is 0.0655. The Bertz CT molecular complexity index is 2140. The minimum Gasteiger partial charge on any atom is -0.489 e. The molecule has 0 aliphatic carbocycles. The zero-order chi connectivity index (χ0) is 44.0. The van der Waals surface area contributed by atoms with E-state index in [0.29, 0.717) is 38.3 Å². The van der Waals surface area contributed by atoms with Crippen molar-refractivity contribution >= 4 is 103 Å². The molecule has 4 N–H and O–H groups in total. The molecule has 1 atom stereocenters. The summed E-state index contributed by atoms with van der Waals surface area (Å²) >= 11 is 10.7. The molecule has 0 saturated heterocycles. The smallest absolute Gasteiger partial charge is 0.489 e. The molecule has 2 aromatic heterocycles. The molecule has 0 aliphatic rings. The molecule has 0 fully saturated rings. The van der Waals surface area contributed by atoms with Crippen LogP contribution in [0.15, 0.2) is 54.6 Å². The molecule has 12 nitrogen and oxygen atoms in total. The highest BCUT2D eigenvalue weighted by atomic mass is 35.5. The van der Waals surface area contributed by atoms with E-state index >= 15 is 0 Å². The van der Waals surface area contributed by atoms with Gasteiger partial charge in [0.05, 0.1) is 44.8 Å². The second-order valence-electron chi connectivity index (χ2n) is 12.4. The van der Waals surface area contributed by atoms with E-state index < -0.39 is 41.0 Å². The normalized spacial score (nSPS) is 11.6. The van der Waals surface area contributed by atoms with Crippen LogP contribution < -0.4 is 20.1 Å². The summed E-state index contributed by atoms with van der Waals surface area (Å²) < 4.78 is 46.2. The number of benzene rings is 2. The second kappa shape index (κ2) is 22.7. The van der Waals surface area contributed by atoms with Gasteiger partial charge in [0.15, 0.2) is 11.6 Å². The fourth-order valence-corrected chi connectivity index (χ4v) is 8.09. The van der Waals surface area contributed by atoms with Gasteiger partial charge in [-0.2, -0.15) is 0 Å². The molecular formula is C39H40ClF3N2O10S4. The van der Waals surface area contributed by atoms with Crippen LogP contribution in [0.2, 0.25) is 5.02 Å². The van der Waals surface area contributed by atoms with Crippen molar-refractivity contribution < 1.29 is 61.6 Å². The van der Waals surface area contributed by atoms with Crippen molar-refractivity contribution in [3.05, 3.63) is 91.6 Å².